The van der Waals surface area contributed by atoms with E-state index in [0.717, 1.165) is 12.0 Å². The third-order valence-corrected chi connectivity index (χ3v) is 6.48. The van der Waals surface area contributed by atoms with Crippen molar-refractivity contribution in [3.8, 4) is 0 Å². The van der Waals surface area contributed by atoms with Gasteiger partial charge in [-0.15, -0.1) is 0 Å². The summed E-state index contributed by atoms with van der Waals surface area (Å²) in [5.41, 5.74) is 4.84. The summed E-state index contributed by atoms with van der Waals surface area (Å²) in [4.78, 5) is 0.297. The van der Waals surface area contributed by atoms with Crippen molar-refractivity contribution in [2.24, 2.45) is 5.92 Å². The molecule has 25 heavy (non-hydrogen) atoms. The van der Waals surface area contributed by atoms with Crippen molar-refractivity contribution in [3.05, 3.63) is 76.9 Å². The zero-order valence-corrected chi connectivity index (χ0v) is 14.9. The molecule has 0 spiro atoms. The van der Waals surface area contributed by atoms with E-state index in [-0.39, 0.29) is 12.6 Å². The minimum Gasteiger partial charge on any atom is -0.369 e. The average Bonchev–Trinajstić information content (AvgIpc) is 3.15. The van der Waals surface area contributed by atoms with Gasteiger partial charge in [0.25, 0.3) is 0 Å². The first kappa shape index (κ1) is 16.5. The molecule has 1 fully saturated rings. The predicted octanol–water partition coefficient (Wildman–Crippen LogP) is 3.14. The van der Waals surface area contributed by atoms with Crippen molar-refractivity contribution in [3.63, 3.8) is 0 Å². The number of fused-ring (bicyclic) bond motifs is 3. The van der Waals surface area contributed by atoms with Crippen LogP contribution in [0.5, 0.6) is 0 Å². The highest BCUT2D eigenvalue weighted by atomic mass is 32.2. The Labute approximate surface area is 148 Å². The van der Waals surface area contributed by atoms with Gasteiger partial charge in [0, 0.05) is 12.5 Å². The maximum absolute atomic E-state index is 12.4. The molecule has 130 valence electrons. The third kappa shape index (κ3) is 3.15. The third-order valence-electron chi connectivity index (χ3n) is 5.04. The van der Waals surface area contributed by atoms with Gasteiger partial charge < -0.3 is 4.74 Å². The number of rotatable bonds is 4. The van der Waals surface area contributed by atoms with Crippen LogP contribution in [0.4, 0.5) is 0 Å². The van der Waals surface area contributed by atoms with Crippen molar-refractivity contribution < 1.29 is 13.2 Å². The van der Waals surface area contributed by atoms with E-state index in [4.69, 9.17) is 4.74 Å². The Morgan fingerprint density at radius 3 is 2.72 bits per heavy atom. The van der Waals surface area contributed by atoms with Crippen LogP contribution in [-0.4, -0.2) is 21.6 Å². The van der Waals surface area contributed by atoms with Crippen LogP contribution in [0, 0.1) is 12.8 Å². The molecular weight excluding hydrogens is 334 g/mol. The van der Waals surface area contributed by atoms with E-state index in [9.17, 15) is 8.42 Å². The molecule has 1 aliphatic heterocycles. The molecule has 1 aliphatic carbocycles. The molecule has 0 saturated carbocycles. The largest absolute Gasteiger partial charge is 0.369 e. The first-order chi connectivity index (χ1) is 12.0. The van der Waals surface area contributed by atoms with Crippen LogP contribution in [-0.2, 0) is 21.2 Å². The summed E-state index contributed by atoms with van der Waals surface area (Å²) in [6.45, 7) is 2.80. The van der Waals surface area contributed by atoms with Gasteiger partial charge in [-0.3, -0.25) is 0 Å². The zero-order chi connectivity index (χ0) is 17.4. The molecule has 4 nitrogen and oxygen atoms in total. The molecule has 2 aromatic rings. The van der Waals surface area contributed by atoms with Gasteiger partial charge in [-0.25, -0.2) is 13.1 Å². The van der Waals surface area contributed by atoms with Gasteiger partial charge in [-0.05, 0) is 42.2 Å². The predicted molar refractivity (Wildman–Crippen MR) is 96.8 cm³/mol. The molecule has 1 heterocycles. The lowest BCUT2D eigenvalue weighted by Gasteiger charge is -2.09. The Hall–Kier alpha value is -1.95. The van der Waals surface area contributed by atoms with Gasteiger partial charge in [0.1, 0.15) is 0 Å². The van der Waals surface area contributed by atoms with Gasteiger partial charge in [-0.1, -0.05) is 48.0 Å². The normalized spacial score (nSPS) is 23.6. The Morgan fingerprint density at radius 2 is 1.92 bits per heavy atom. The number of ether oxygens (including phenoxy) is 1. The van der Waals surface area contributed by atoms with Crippen LogP contribution in [0.25, 0.3) is 0 Å². The molecule has 0 amide bonds. The van der Waals surface area contributed by atoms with Crippen LogP contribution in [0.2, 0.25) is 0 Å². The standard InChI is InChI=1S/C20H21NO3S/c1-14-6-8-17(9-7-14)25(22,23)21-11-10-16-13-24-20-18-5-3-2-4-15(18)12-19(16)20/h2-10,19-21H,11-13H2,1H3/b16-10+/t19-,20-/m1/s1. The second kappa shape index (κ2) is 6.41. The van der Waals surface area contributed by atoms with Crippen LogP contribution >= 0.6 is 0 Å². The fourth-order valence-corrected chi connectivity index (χ4v) is 4.64. The van der Waals surface area contributed by atoms with Gasteiger partial charge in [0.15, 0.2) is 0 Å². The fraction of sp³-hybridized carbons (Fsp3) is 0.300. The van der Waals surface area contributed by atoms with E-state index >= 15 is 0 Å². The fourth-order valence-electron chi connectivity index (χ4n) is 3.68. The van der Waals surface area contributed by atoms with Crippen molar-refractivity contribution >= 4 is 10.0 Å². The Kier molecular flexibility index (Phi) is 4.23. The molecule has 1 saturated heterocycles. The molecule has 1 N–H and O–H groups in total. The van der Waals surface area contributed by atoms with E-state index in [1.54, 1.807) is 24.3 Å². The SMILES string of the molecule is Cc1ccc(S(=O)(=O)NC/C=C2\CO[C@@H]3c4ccccc4C[C@H]23)cc1. The van der Waals surface area contributed by atoms with E-state index in [0.29, 0.717) is 17.4 Å². The highest BCUT2D eigenvalue weighted by molar-refractivity contribution is 7.89. The summed E-state index contributed by atoms with van der Waals surface area (Å²) < 4.78 is 33.3. The highest BCUT2D eigenvalue weighted by Gasteiger charge is 2.39. The first-order valence-corrected chi connectivity index (χ1v) is 9.97. The van der Waals surface area contributed by atoms with Gasteiger partial charge in [0.2, 0.25) is 10.0 Å². The lowest BCUT2D eigenvalue weighted by Crippen LogP contribution is -2.24. The summed E-state index contributed by atoms with van der Waals surface area (Å²) in [7, 11) is -3.48. The van der Waals surface area contributed by atoms with Crippen molar-refractivity contribution in [1.82, 2.24) is 4.72 Å². The summed E-state index contributed by atoms with van der Waals surface area (Å²) in [5.74, 6) is 0.335. The topological polar surface area (TPSA) is 55.4 Å². The molecule has 2 aliphatic rings. The highest BCUT2D eigenvalue weighted by Crippen LogP contribution is 2.46. The van der Waals surface area contributed by atoms with E-state index in [1.165, 1.54) is 16.7 Å². The molecule has 0 bridgehead atoms. The van der Waals surface area contributed by atoms with Crippen molar-refractivity contribution in [1.29, 1.82) is 0 Å². The van der Waals surface area contributed by atoms with Crippen LogP contribution in [0.3, 0.4) is 0 Å². The Morgan fingerprint density at radius 1 is 1.16 bits per heavy atom. The summed E-state index contributed by atoms with van der Waals surface area (Å²) in [5, 5.41) is 0. The maximum atomic E-state index is 12.4. The smallest absolute Gasteiger partial charge is 0.240 e. The quantitative estimate of drug-likeness (QED) is 0.857. The van der Waals surface area contributed by atoms with Crippen LogP contribution in [0.15, 0.2) is 65.1 Å². The molecular formula is C20H21NO3S. The minimum absolute atomic E-state index is 0.121. The van der Waals surface area contributed by atoms with Crippen LogP contribution in [0.1, 0.15) is 22.8 Å². The van der Waals surface area contributed by atoms with E-state index < -0.39 is 10.0 Å². The summed E-state index contributed by atoms with van der Waals surface area (Å²) in [6, 6.07) is 15.2. The Balaban J connectivity index is 1.44. The number of benzene rings is 2. The number of hydrogen-bond donors (Lipinski definition) is 1. The van der Waals surface area contributed by atoms with E-state index in [1.807, 2.05) is 19.1 Å². The second-order valence-corrected chi connectivity index (χ2v) is 8.45. The van der Waals surface area contributed by atoms with E-state index in [2.05, 4.69) is 22.9 Å². The maximum Gasteiger partial charge on any atom is 0.240 e. The second-order valence-electron chi connectivity index (χ2n) is 6.69. The number of nitrogens with one attached hydrogen (secondary N) is 1. The van der Waals surface area contributed by atoms with Gasteiger partial charge in [-0.2, -0.15) is 0 Å². The first-order valence-electron chi connectivity index (χ1n) is 8.49. The van der Waals surface area contributed by atoms with Crippen molar-refractivity contribution in [2.75, 3.05) is 13.2 Å². The summed E-state index contributed by atoms with van der Waals surface area (Å²) >= 11 is 0. The Bertz CT molecular complexity index is 916. The number of hydrogen-bond acceptors (Lipinski definition) is 3. The zero-order valence-electron chi connectivity index (χ0n) is 14.1. The number of aryl methyl sites for hydroxylation is 1. The van der Waals surface area contributed by atoms with Gasteiger partial charge >= 0.3 is 0 Å². The molecule has 5 heteroatoms. The lowest BCUT2D eigenvalue weighted by atomic mass is 9.97. The van der Waals surface area contributed by atoms with Gasteiger partial charge in [0.05, 0.1) is 17.6 Å². The molecule has 2 atom stereocenters. The molecule has 2 aromatic carbocycles. The van der Waals surface area contributed by atoms with Crippen molar-refractivity contribution in [2.45, 2.75) is 24.3 Å². The number of sulfonamides is 1. The lowest BCUT2D eigenvalue weighted by molar-refractivity contribution is 0.0998. The molecule has 4 rings (SSSR count). The minimum atomic E-state index is -3.48. The molecule has 0 aromatic heterocycles. The average molecular weight is 355 g/mol. The van der Waals surface area contributed by atoms with Crippen LogP contribution < -0.4 is 4.72 Å². The monoisotopic (exact) mass is 355 g/mol. The summed E-state index contributed by atoms with van der Waals surface area (Å²) in [6.07, 6.45) is 3.07. The molecule has 0 unspecified atom stereocenters. The molecule has 0 radical (unpaired) electrons.